The summed E-state index contributed by atoms with van der Waals surface area (Å²) in [7, 11) is 0. The van der Waals surface area contributed by atoms with Crippen molar-refractivity contribution in [3.05, 3.63) is 29.6 Å². The van der Waals surface area contributed by atoms with E-state index in [9.17, 15) is 0 Å². The van der Waals surface area contributed by atoms with Crippen LogP contribution in [-0.2, 0) is 6.42 Å². The molecule has 1 atom stereocenters. The van der Waals surface area contributed by atoms with E-state index < -0.39 is 0 Å². The van der Waals surface area contributed by atoms with E-state index in [0.717, 1.165) is 6.54 Å². The molecule has 1 aromatic rings. The normalized spacial score (nSPS) is 21.2. The van der Waals surface area contributed by atoms with E-state index in [1.807, 2.05) is 12.3 Å². The van der Waals surface area contributed by atoms with Crippen LogP contribution in [-0.4, -0.2) is 11.5 Å². The molecule has 1 aliphatic rings. The minimum Gasteiger partial charge on any atom is -0.309 e. The maximum absolute atomic E-state index is 4.46. The molecule has 70 valence electrons. The van der Waals surface area contributed by atoms with Crippen molar-refractivity contribution in [2.24, 2.45) is 0 Å². The number of rotatable bonds is 2. The first-order valence-corrected chi connectivity index (χ1v) is 5.09. The highest BCUT2D eigenvalue weighted by Crippen LogP contribution is 2.27. The molecule has 1 N–H and O–H groups in total. The summed E-state index contributed by atoms with van der Waals surface area (Å²) in [5.41, 5.74) is 2.70. The first-order chi connectivity index (χ1) is 6.42. The summed E-state index contributed by atoms with van der Waals surface area (Å²) in [6.45, 7) is 3.18. The summed E-state index contributed by atoms with van der Waals surface area (Å²) < 4.78 is 0. The summed E-state index contributed by atoms with van der Waals surface area (Å²) in [5.74, 6) is 0. The summed E-state index contributed by atoms with van der Waals surface area (Å²) in [6.07, 6.45) is 5.62. The van der Waals surface area contributed by atoms with Gasteiger partial charge in [0.25, 0.3) is 0 Å². The van der Waals surface area contributed by atoms with Gasteiger partial charge >= 0.3 is 0 Å². The van der Waals surface area contributed by atoms with Gasteiger partial charge in [0, 0.05) is 12.2 Å². The van der Waals surface area contributed by atoms with Gasteiger partial charge in [-0.1, -0.05) is 13.0 Å². The lowest BCUT2D eigenvalue weighted by Crippen LogP contribution is -2.25. The highest BCUT2D eigenvalue weighted by Gasteiger charge is 2.19. The number of aromatic nitrogens is 1. The standard InChI is InChI=1S/C11H16N2/c1-2-12-10-7-3-5-9-6-4-8-13-11(9)10/h4,6,8,10,12H,2-3,5,7H2,1H3/t10-/m1/s1. The van der Waals surface area contributed by atoms with Crippen LogP contribution in [0.3, 0.4) is 0 Å². The third-order valence-electron chi connectivity index (χ3n) is 2.65. The van der Waals surface area contributed by atoms with Crippen molar-refractivity contribution in [1.29, 1.82) is 0 Å². The van der Waals surface area contributed by atoms with E-state index in [1.165, 1.54) is 30.5 Å². The first kappa shape index (κ1) is 8.70. The summed E-state index contributed by atoms with van der Waals surface area (Å²) in [4.78, 5) is 4.46. The summed E-state index contributed by atoms with van der Waals surface area (Å²) >= 11 is 0. The lowest BCUT2D eigenvalue weighted by Gasteiger charge is -2.24. The van der Waals surface area contributed by atoms with Gasteiger partial charge in [-0.2, -0.15) is 0 Å². The van der Waals surface area contributed by atoms with E-state index in [-0.39, 0.29) is 0 Å². The van der Waals surface area contributed by atoms with E-state index in [0.29, 0.717) is 6.04 Å². The molecule has 1 aromatic heterocycles. The lowest BCUT2D eigenvalue weighted by molar-refractivity contribution is 0.460. The largest absolute Gasteiger partial charge is 0.309 e. The Morgan fingerprint density at radius 1 is 1.62 bits per heavy atom. The molecule has 2 heteroatoms. The van der Waals surface area contributed by atoms with E-state index in [1.54, 1.807) is 0 Å². The fourth-order valence-electron chi connectivity index (χ4n) is 2.05. The van der Waals surface area contributed by atoms with Gasteiger partial charge in [-0.3, -0.25) is 4.98 Å². The van der Waals surface area contributed by atoms with Gasteiger partial charge in [0.15, 0.2) is 0 Å². The van der Waals surface area contributed by atoms with Crippen molar-refractivity contribution in [3.8, 4) is 0 Å². The maximum Gasteiger partial charge on any atom is 0.0605 e. The van der Waals surface area contributed by atoms with Crippen LogP contribution in [0.25, 0.3) is 0 Å². The molecule has 0 radical (unpaired) electrons. The number of pyridine rings is 1. The van der Waals surface area contributed by atoms with Gasteiger partial charge in [0.1, 0.15) is 0 Å². The van der Waals surface area contributed by atoms with Crippen molar-refractivity contribution in [2.45, 2.75) is 32.2 Å². The smallest absolute Gasteiger partial charge is 0.0605 e. The number of nitrogens with one attached hydrogen (secondary N) is 1. The molecule has 0 aromatic carbocycles. The molecule has 0 aliphatic heterocycles. The molecule has 0 unspecified atom stereocenters. The molecule has 0 spiro atoms. The monoisotopic (exact) mass is 176 g/mol. The average molecular weight is 176 g/mol. The third-order valence-corrected chi connectivity index (χ3v) is 2.65. The molecule has 2 rings (SSSR count). The molecular weight excluding hydrogens is 160 g/mol. The second-order valence-corrected chi connectivity index (χ2v) is 3.55. The Morgan fingerprint density at radius 3 is 3.38 bits per heavy atom. The predicted octanol–water partition coefficient (Wildman–Crippen LogP) is 2.07. The Balaban J connectivity index is 2.26. The molecule has 0 saturated heterocycles. The topological polar surface area (TPSA) is 24.9 Å². The molecular formula is C11H16N2. The molecule has 1 heterocycles. The van der Waals surface area contributed by atoms with Crippen LogP contribution in [0.1, 0.15) is 37.1 Å². The Hall–Kier alpha value is -0.890. The number of hydrogen-bond acceptors (Lipinski definition) is 2. The molecule has 2 nitrogen and oxygen atoms in total. The Labute approximate surface area is 79.4 Å². The quantitative estimate of drug-likeness (QED) is 0.746. The average Bonchev–Trinajstić information content (AvgIpc) is 2.19. The van der Waals surface area contributed by atoms with Gasteiger partial charge in [0.2, 0.25) is 0 Å². The van der Waals surface area contributed by atoms with Gasteiger partial charge in [-0.05, 0) is 37.4 Å². The predicted molar refractivity (Wildman–Crippen MR) is 53.6 cm³/mol. The second-order valence-electron chi connectivity index (χ2n) is 3.55. The molecule has 1 aliphatic carbocycles. The van der Waals surface area contributed by atoms with Crippen LogP contribution in [0.4, 0.5) is 0 Å². The molecule has 0 saturated carbocycles. The fraction of sp³-hybridized carbons (Fsp3) is 0.545. The Bertz CT molecular complexity index is 283. The highest BCUT2D eigenvalue weighted by atomic mass is 14.9. The minimum atomic E-state index is 0.495. The van der Waals surface area contributed by atoms with Crippen LogP contribution in [0, 0.1) is 0 Å². The number of hydrogen-bond donors (Lipinski definition) is 1. The van der Waals surface area contributed by atoms with Crippen LogP contribution < -0.4 is 5.32 Å². The Kier molecular flexibility index (Phi) is 2.60. The van der Waals surface area contributed by atoms with E-state index >= 15 is 0 Å². The van der Waals surface area contributed by atoms with E-state index in [4.69, 9.17) is 0 Å². The summed E-state index contributed by atoms with van der Waals surface area (Å²) in [6, 6.07) is 4.73. The SMILES string of the molecule is CCN[C@@H]1CCCc2cccnc21. The van der Waals surface area contributed by atoms with Crippen molar-refractivity contribution in [2.75, 3.05) is 6.54 Å². The Morgan fingerprint density at radius 2 is 2.54 bits per heavy atom. The molecule has 13 heavy (non-hydrogen) atoms. The van der Waals surface area contributed by atoms with Crippen LogP contribution >= 0.6 is 0 Å². The number of fused-ring (bicyclic) bond motifs is 1. The maximum atomic E-state index is 4.46. The van der Waals surface area contributed by atoms with Crippen LogP contribution in [0.15, 0.2) is 18.3 Å². The lowest BCUT2D eigenvalue weighted by atomic mass is 9.92. The van der Waals surface area contributed by atoms with Crippen molar-refractivity contribution in [3.63, 3.8) is 0 Å². The number of aryl methyl sites for hydroxylation is 1. The van der Waals surface area contributed by atoms with Gasteiger partial charge in [-0.15, -0.1) is 0 Å². The second kappa shape index (κ2) is 3.88. The number of nitrogens with zero attached hydrogens (tertiary/aromatic N) is 1. The first-order valence-electron chi connectivity index (χ1n) is 5.09. The summed E-state index contributed by atoms with van der Waals surface area (Å²) in [5, 5.41) is 3.48. The van der Waals surface area contributed by atoms with Crippen molar-refractivity contribution < 1.29 is 0 Å². The zero-order valence-corrected chi connectivity index (χ0v) is 8.09. The third kappa shape index (κ3) is 1.73. The fourth-order valence-corrected chi connectivity index (χ4v) is 2.05. The van der Waals surface area contributed by atoms with Gasteiger partial charge in [0.05, 0.1) is 5.69 Å². The zero-order valence-electron chi connectivity index (χ0n) is 8.09. The molecule has 0 bridgehead atoms. The van der Waals surface area contributed by atoms with Crippen molar-refractivity contribution >= 4 is 0 Å². The molecule has 0 fully saturated rings. The molecule has 0 amide bonds. The van der Waals surface area contributed by atoms with Gasteiger partial charge in [-0.25, -0.2) is 0 Å². The van der Waals surface area contributed by atoms with Crippen LogP contribution in [0.2, 0.25) is 0 Å². The van der Waals surface area contributed by atoms with Crippen molar-refractivity contribution in [1.82, 2.24) is 10.3 Å². The van der Waals surface area contributed by atoms with Crippen LogP contribution in [0.5, 0.6) is 0 Å². The highest BCUT2D eigenvalue weighted by molar-refractivity contribution is 5.25. The van der Waals surface area contributed by atoms with E-state index in [2.05, 4.69) is 23.3 Å². The van der Waals surface area contributed by atoms with Gasteiger partial charge < -0.3 is 5.32 Å². The zero-order chi connectivity index (χ0) is 9.10. The minimum absolute atomic E-state index is 0.495.